The zero-order chi connectivity index (χ0) is 23.9. The van der Waals surface area contributed by atoms with E-state index in [1.807, 2.05) is 25.1 Å². The molecule has 0 saturated carbocycles. The van der Waals surface area contributed by atoms with Crippen LogP contribution in [0, 0.1) is 28.9 Å². The molecule has 9 heteroatoms. The number of amides is 3. The highest BCUT2D eigenvalue weighted by atomic mass is 16.6. The van der Waals surface area contributed by atoms with E-state index in [0.29, 0.717) is 12.2 Å². The second kappa shape index (κ2) is 6.96. The van der Waals surface area contributed by atoms with Crippen molar-refractivity contribution in [2.75, 3.05) is 16.8 Å². The third-order valence-corrected chi connectivity index (χ3v) is 8.18. The molecular formula is C25H24N4O5. The number of hydrogen-bond donors (Lipinski definition) is 1. The molecule has 2 aromatic rings. The molecule has 3 amide bonds. The molecule has 2 aromatic carbocycles. The molecule has 9 nitrogen and oxygen atoms in total. The summed E-state index contributed by atoms with van der Waals surface area (Å²) in [5.41, 5.74) is 1.58. The molecule has 0 unspecified atom stereocenters. The van der Waals surface area contributed by atoms with Crippen molar-refractivity contribution >= 4 is 34.8 Å². The number of benzene rings is 2. The molecule has 0 aromatic heterocycles. The second-order valence-corrected chi connectivity index (χ2v) is 9.55. The highest BCUT2D eigenvalue weighted by Crippen LogP contribution is 2.61. The van der Waals surface area contributed by atoms with Gasteiger partial charge in [0, 0.05) is 23.4 Å². The summed E-state index contributed by atoms with van der Waals surface area (Å²) in [7, 11) is 0. The fourth-order valence-electron chi connectivity index (χ4n) is 6.76. The minimum absolute atomic E-state index is 0.149. The average Bonchev–Trinajstić information content (AvgIpc) is 3.52. The highest BCUT2D eigenvalue weighted by molar-refractivity contribution is 6.26. The third-order valence-electron chi connectivity index (χ3n) is 8.18. The van der Waals surface area contributed by atoms with Crippen LogP contribution in [0.15, 0.2) is 36.4 Å². The SMILES string of the molecule is CCc1ccc2c(c1)[C@]1(C(=O)N2)[C@H]2C(=O)N(c3cccc([N+](=O)[O-])c3C)C(=O)[C@@H]2[C@H]2CCCN21. The van der Waals surface area contributed by atoms with E-state index in [1.165, 1.54) is 12.1 Å². The molecular weight excluding hydrogens is 436 g/mol. The van der Waals surface area contributed by atoms with Gasteiger partial charge in [-0.25, -0.2) is 4.90 Å². The third kappa shape index (κ3) is 2.34. The Kier molecular flexibility index (Phi) is 4.29. The molecule has 4 aliphatic rings. The first-order valence-electron chi connectivity index (χ1n) is 11.7. The topological polar surface area (TPSA) is 113 Å². The summed E-state index contributed by atoms with van der Waals surface area (Å²) >= 11 is 0. The number of nitro benzene ring substituents is 1. The van der Waals surface area contributed by atoms with Crippen LogP contribution in [0.25, 0.3) is 0 Å². The van der Waals surface area contributed by atoms with Gasteiger partial charge in [0.1, 0.15) is 5.54 Å². The zero-order valence-corrected chi connectivity index (χ0v) is 18.9. The Labute approximate surface area is 195 Å². The van der Waals surface area contributed by atoms with Crippen molar-refractivity contribution in [3.8, 4) is 0 Å². The Morgan fingerprint density at radius 1 is 1.18 bits per heavy atom. The molecule has 1 N–H and O–H groups in total. The Morgan fingerprint density at radius 2 is 1.97 bits per heavy atom. The van der Waals surface area contributed by atoms with Gasteiger partial charge in [0.05, 0.1) is 28.0 Å². The van der Waals surface area contributed by atoms with Crippen LogP contribution in [0.4, 0.5) is 17.1 Å². The number of fused-ring (bicyclic) bond motifs is 7. The molecule has 0 radical (unpaired) electrons. The lowest BCUT2D eigenvalue weighted by Crippen LogP contribution is -2.54. The van der Waals surface area contributed by atoms with Crippen molar-refractivity contribution < 1.29 is 19.3 Å². The van der Waals surface area contributed by atoms with E-state index < -0.39 is 28.2 Å². The molecule has 174 valence electrons. The number of hydrogen-bond acceptors (Lipinski definition) is 6. The number of rotatable bonds is 3. The smallest absolute Gasteiger partial charge is 0.274 e. The van der Waals surface area contributed by atoms with Crippen molar-refractivity contribution in [2.24, 2.45) is 11.8 Å². The van der Waals surface area contributed by atoms with Crippen molar-refractivity contribution in [1.82, 2.24) is 4.90 Å². The lowest BCUT2D eigenvalue weighted by atomic mass is 9.75. The van der Waals surface area contributed by atoms with Gasteiger partial charge in [0.15, 0.2) is 0 Å². The summed E-state index contributed by atoms with van der Waals surface area (Å²) in [6.07, 6.45) is 2.34. The van der Waals surface area contributed by atoms with Crippen molar-refractivity contribution in [2.45, 2.75) is 44.7 Å². The molecule has 34 heavy (non-hydrogen) atoms. The predicted molar refractivity (Wildman–Crippen MR) is 123 cm³/mol. The van der Waals surface area contributed by atoms with Gasteiger partial charge in [-0.3, -0.25) is 29.4 Å². The summed E-state index contributed by atoms with van der Waals surface area (Å²) in [5.74, 6) is -2.65. The predicted octanol–water partition coefficient (Wildman–Crippen LogP) is 2.90. The van der Waals surface area contributed by atoms with E-state index in [4.69, 9.17) is 0 Å². The summed E-state index contributed by atoms with van der Waals surface area (Å²) < 4.78 is 0. The van der Waals surface area contributed by atoms with Gasteiger partial charge in [-0.1, -0.05) is 25.1 Å². The molecule has 4 heterocycles. The number of nitrogens with one attached hydrogen (secondary N) is 1. The van der Waals surface area contributed by atoms with Crippen LogP contribution in [-0.2, 0) is 26.3 Å². The Hall–Kier alpha value is -3.59. The summed E-state index contributed by atoms with van der Waals surface area (Å²) in [5, 5.41) is 14.5. The largest absolute Gasteiger partial charge is 0.324 e. The summed E-state index contributed by atoms with van der Waals surface area (Å²) in [6, 6.07) is 10.0. The number of imide groups is 1. The maximum absolute atomic E-state index is 14.1. The number of nitro groups is 1. The van der Waals surface area contributed by atoms with Crippen LogP contribution in [0.3, 0.4) is 0 Å². The standard InChI is InChI=1S/C25H24N4O5/c1-3-14-9-10-16-15(12-14)25(24(32)26-16)21-20(19-8-5-11-27(19)25)22(30)28(23(21)31)17-6-4-7-18(13(17)2)29(33)34/h4,6-7,9-10,12,19-21H,3,5,8,11H2,1-2H3,(H,26,32)/t19-,20-,21-,25-/m1/s1. The maximum atomic E-state index is 14.1. The van der Waals surface area contributed by atoms with E-state index in [2.05, 4.69) is 10.2 Å². The van der Waals surface area contributed by atoms with Crippen LogP contribution in [0.5, 0.6) is 0 Å². The fourth-order valence-corrected chi connectivity index (χ4v) is 6.76. The lowest BCUT2D eigenvalue weighted by Gasteiger charge is -2.37. The van der Waals surface area contributed by atoms with Crippen LogP contribution >= 0.6 is 0 Å². The van der Waals surface area contributed by atoms with Crippen LogP contribution in [0.1, 0.15) is 36.5 Å². The minimum atomic E-state index is -1.25. The van der Waals surface area contributed by atoms with Gasteiger partial charge < -0.3 is 5.32 Å². The van der Waals surface area contributed by atoms with Gasteiger partial charge in [0.25, 0.3) is 5.69 Å². The zero-order valence-electron chi connectivity index (χ0n) is 18.9. The second-order valence-electron chi connectivity index (χ2n) is 9.55. The van der Waals surface area contributed by atoms with E-state index in [0.717, 1.165) is 35.3 Å². The molecule has 6 rings (SSSR count). The lowest BCUT2D eigenvalue weighted by molar-refractivity contribution is -0.385. The molecule has 4 atom stereocenters. The van der Waals surface area contributed by atoms with Crippen LogP contribution in [0.2, 0.25) is 0 Å². The Morgan fingerprint density at radius 3 is 2.71 bits per heavy atom. The Bertz CT molecular complexity index is 1310. The maximum Gasteiger partial charge on any atom is 0.274 e. The number of nitrogens with zero attached hydrogens (tertiary/aromatic N) is 3. The normalized spacial score (nSPS) is 29.5. The van der Waals surface area contributed by atoms with E-state index in [-0.39, 0.29) is 34.8 Å². The first-order chi connectivity index (χ1) is 16.3. The average molecular weight is 460 g/mol. The van der Waals surface area contributed by atoms with Crippen molar-refractivity contribution in [1.29, 1.82) is 0 Å². The van der Waals surface area contributed by atoms with Gasteiger partial charge in [-0.2, -0.15) is 0 Å². The fraction of sp³-hybridized carbons (Fsp3) is 0.400. The molecule has 3 saturated heterocycles. The van der Waals surface area contributed by atoms with Crippen molar-refractivity contribution in [3.05, 3.63) is 63.2 Å². The van der Waals surface area contributed by atoms with Crippen LogP contribution < -0.4 is 10.2 Å². The summed E-state index contributed by atoms with van der Waals surface area (Å²) in [4.78, 5) is 55.8. The van der Waals surface area contributed by atoms with Crippen molar-refractivity contribution in [3.63, 3.8) is 0 Å². The first-order valence-corrected chi connectivity index (χ1v) is 11.7. The van der Waals surface area contributed by atoms with Gasteiger partial charge in [-0.05, 0) is 50.4 Å². The number of carbonyl (C=O) groups excluding carboxylic acids is 3. The van der Waals surface area contributed by atoms with Gasteiger partial charge in [-0.15, -0.1) is 0 Å². The molecule has 0 bridgehead atoms. The summed E-state index contributed by atoms with van der Waals surface area (Å²) in [6.45, 7) is 4.22. The number of aryl methyl sites for hydroxylation is 1. The Balaban J connectivity index is 1.55. The molecule has 0 aliphatic carbocycles. The quantitative estimate of drug-likeness (QED) is 0.428. The number of carbonyl (C=O) groups is 3. The van der Waals surface area contributed by atoms with Gasteiger partial charge in [0.2, 0.25) is 17.7 Å². The van der Waals surface area contributed by atoms with E-state index >= 15 is 0 Å². The minimum Gasteiger partial charge on any atom is -0.324 e. The number of anilines is 2. The van der Waals surface area contributed by atoms with E-state index in [1.54, 1.807) is 13.0 Å². The molecule has 1 spiro atoms. The van der Waals surface area contributed by atoms with Crippen LogP contribution in [-0.4, -0.2) is 40.1 Å². The molecule has 3 fully saturated rings. The highest BCUT2D eigenvalue weighted by Gasteiger charge is 2.74. The molecule has 4 aliphatic heterocycles. The van der Waals surface area contributed by atoms with E-state index in [9.17, 15) is 24.5 Å². The first kappa shape index (κ1) is 21.0. The monoisotopic (exact) mass is 460 g/mol. The van der Waals surface area contributed by atoms with Gasteiger partial charge >= 0.3 is 0 Å².